The van der Waals surface area contributed by atoms with Gasteiger partial charge in [-0.15, -0.1) is 0 Å². The Morgan fingerprint density at radius 1 is 0.842 bits per heavy atom. The lowest BCUT2D eigenvalue weighted by atomic mass is 9.95. The zero-order chi connectivity index (χ0) is 12.9. The van der Waals surface area contributed by atoms with E-state index in [0.29, 0.717) is 0 Å². The van der Waals surface area contributed by atoms with E-state index in [4.69, 9.17) is 0 Å². The molecule has 2 nitrogen and oxygen atoms in total. The molecule has 104 valence electrons. The summed E-state index contributed by atoms with van der Waals surface area (Å²) in [7, 11) is 0. The van der Waals surface area contributed by atoms with Crippen LogP contribution in [-0.4, -0.2) is 37.6 Å². The maximum atomic E-state index is 2.70. The highest BCUT2D eigenvalue weighted by Crippen LogP contribution is 2.24. The van der Waals surface area contributed by atoms with Crippen molar-refractivity contribution < 1.29 is 0 Å². The zero-order valence-corrected chi connectivity index (χ0v) is 11.9. The first-order valence-corrected chi connectivity index (χ1v) is 7.94. The number of rotatable bonds is 3. The van der Waals surface area contributed by atoms with Crippen molar-refractivity contribution in [3.05, 3.63) is 30.3 Å². The zero-order valence-electron chi connectivity index (χ0n) is 11.9. The van der Waals surface area contributed by atoms with Gasteiger partial charge in [0, 0.05) is 25.3 Å². The standard InChI is InChI=1S/C17H26N2/c1-3-7-17(8-4-1)19-13-9-16(10-14-19)15-18-11-5-2-6-12-18/h1,3-4,7-8,16H,2,5-6,9-15H2. The third-order valence-electron chi connectivity index (χ3n) is 4.70. The highest BCUT2D eigenvalue weighted by atomic mass is 15.2. The number of benzene rings is 1. The van der Waals surface area contributed by atoms with Crippen LogP contribution in [0.15, 0.2) is 30.3 Å². The van der Waals surface area contributed by atoms with Crippen molar-refractivity contribution in [2.75, 3.05) is 37.6 Å². The topological polar surface area (TPSA) is 6.48 Å². The summed E-state index contributed by atoms with van der Waals surface area (Å²) in [4.78, 5) is 5.25. The van der Waals surface area contributed by atoms with Gasteiger partial charge in [-0.3, -0.25) is 0 Å². The summed E-state index contributed by atoms with van der Waals surface area (Å²) >= 11 is 0. The molecule has 0 aromatic heterocycles. The SMILES string of the molecule is c1ccc(N2CCC(CN3CCCCC3)CC2)cc1. The minimum absolute atomic E-state index is 0.929. The molecule has 0 saturated carbocycles. The maximum Gasteiger partial charge on any atom is 0.0366 e. The minimum Gasteiger partial charge on any atom is -0.372 e. The molecule has 0 aliphatic carbocycles. The van der Waals surface area contributed by atoms with Crippen molar-refractivity contribution >= 4 is 5.69 Å². The van der Waals surface area contributed by atoms with Crippen molar-refractivity contribution in [2.45, 2.75) is 32.1 Å². The van der Waals surface area contributed by atoms with Gasteiger partial charge in [0.25, 0.3) is 0 Å². The van der Waals surface area contributed by atoms with Crippen LogP contribution in [0.2, 0.25) is 0 Å². The number of piperidine rings is 2. The Kier molecular flexibility index (Phi) is 4.39. The largest absolute Gasteiger partial charge is 0.372 e. The molecule has 0 radical (unpaired) electrons. The average Bonchev–Trinajstić information content (AvgIpc) is 2.50. The molecule has 19 heavy (non-hydrogen) atoms. The van der Waals surface area contributed by atoms with Gasteiger partial charge in [-0.05, 0) is 56.8 Å². The van der Waals surface area contributed by atoms with E-state index in [2.05, 4.69) is 40.1 Å². The molecule has 2 heterocycles. The fourth-order valence-corrected chi connectivity index (χ4v) is 3.52. The van der Waals surface area contributed by atoms with Gasteiger partial charge >= 0.3 is 0 Å². The molecule has 2 saturated heterocycles. The molecule has 1 aromatic rings. The second-order valence-electron chi connectivity index (χ2n) is 6.13. The summed E-state index contributed by atoms with van der Waals surface area (Å²) < 4.78 is 0. The van der Waals surface area contributed by atoms with Crippen LogP contribution in [0.25, 0.3) is 0 Å². The first-order chi connectivity index (χ1) is 9.42. The lowest BCUT2D eigenvalue weighted by Crippen LogP contribution is -2.40. The average molecular weight is 258 g/mol. The van der Waals surface area contributed by atoms with Crippen LogP contribution in [-0.2, 0) is 0 Å². The summed E-state index contributed by atoms with van der Waals surface area (Å²) in [5, 5.41) is 0. The van der Waals surface area contributed by atoms with Gasteiger partial charge in [-0.2, -0.15) is 0 Å². The Hall–Kier alpha value is -1.02. The lowest BCUT2D eigenvalue weighted by molar-refractivity contribution is 0.181. The summed E-state index contributed by atoms with van der Waals surface area (Å²) in [5.74, 6) is 0.929. The fraction of sp³-hybridized carbons (Fsp3) is 0.647. The third kappa shape index (κ3) is 3.50. The van der Waals surface area contributed by atoms with Gasteiger partial charge in [-0.1, -0.05) is 24.6 Å². The summed E-state index contributed by atoms with van der Waals surface area (Å²) in [6.45, 7) is 6.52. The van der Waals surface area contributed by atoms with Gasteiger partial charge in [0.15, 0.2) is 0 Å². The molecule has 2 aliphatic heterocycles. The molecule has 0 amide bonds. The van der Waals surface area contributed by atoms with E-state index < -0.39 is 0 Å². The van der Waals surface area contributed by atoms with E-state index in [-0.39, 0.29) is 0 Å². The van der Waals surface area contributed by atoms with Crippen molar-refractivity contribution in [1.82, 2.24) is 4.90 Å². The number of para-hydroxylation sites is 1. The minimum atomic E-state index is 0.929. The fourth-order valence-electron chi connectivity index (χ4n) is 3.52. The second kappa shape index (κ2) is 6.42. The quantitative estimate of drug-likeness (QED) is 0.820. The molecule has 0 atom stereocenters. The van der Waals surface area contributed by atoms with Crippen molar-refractivity contribution in [1.29, 1.82) is 0 Å². The Labute approximate surface area is 117 Å². The van der Waals surface area contributed by atoms with Crippen LogP contribution >= 0.6 is 0 Å². The first kappa shape index (κ1) is 13.0. The summed E-state index contributed by atoms with van der Waals surface area (Å²) in [6, 6.07) is 10.9. The second-order valence-corrected chi connectivity index (χ2v) is 6.13. The summed E-state index contributed by atoms with van der Waals surface area (Å²) in [6.07, 6.45) is 7.02. The Morgan fingerprint density at radius 2 is 1.53 bits per heavy atom. The highest BCUT2D eigenvalue weighted by Gasteiger charge is 2.22. The molecular weight excluding hydrogens is 232 g/mol. The number of anilines is 1. The van der Waals surface area contributed by atoms with Gasteiger partial charge in [-0.25, -0.2) is 0 Å². The van der Waals surface area contributed by atoms with E-state index >= 15 is 0 Å². The van der Waals surface area contributed by atoms with E-state index in [1.807, 2.05) is 0 Å². The van der Waals surface area contributed by atoms with Crippen LogP contribution < -0.4 is 4.90 Å². The molecule has 2 heteroatoms. The molecular formula is C17H26N2. The Morgan fingerprint density at radius 3 is 2.21 bits per heavy atom. The Balaban J connectivity index is 1.46. The molecule has 2 fully saturated rings. The van der Waals surface area contributed by atoms with Crippen molar-refractivity contribution in [3.63, 3.8) is 0 Å². The van der Waals surface area contributed by atoms with Crippen LogP contribution in [0.3, 0.4) is 0 Å². The predicted molar refractivity (Wildman–Crippen MR) is 81.7 cm³/mol. The molecule has 3 rings (SSSR count). The van der Waals surface area contributed by atoms with Crippen LogP contribution in [0, 0.1) is 5.92 Å². The molecule has 0 bridgehead atoms. The van der Waals surface area contributed by atoms with E-state index in [1.165, 1.54) is 70.5 Å². The van der Waals surface area contributed by atoms with E-state index in [0.717, 1.165) is 5.92 Å². The number of nitrogens with zero attached hydrogens (tertiary/aromatic N) is 2. The molecule has 0 N–H and O–H groups in total. The van der Waals surface area contributed by atoms with Crippen molar-refractivity contribution in [2.24, 2.45) is 5.92 Å². The normalized spacial score (nSPS) is 22.6. The molecule has 1 aromatic carbocycles. The van der Waals surface area contributed by atoms with Crippen LogP contribution in [0.1, 0.15) is 32.1 Å². The number of likely N-dealkylation sites (tertiary alicyclic amines) is 1. The Bertz CT molecular complexity index is 362. The monoisotopic (exact) mass is 258 g/mol. The smallest absolute Gasteiger partial charge is 0.0366 e. The van der Waals surface area contributed by atoms with Gasteiger partial charge in [0.2, 0.25) is 0 Å². The van der Waals surface area contributed by atoms with Crippen molar-refractivity contribution in [3.8, 4) is 0 Å². The third-order valence-corrected chi connectivity index (χ3v) is 4.70. The van der Waals surface area contributed by atoms with Crippen LogP contribution in [0.4, 0.5) is 5.69 Å². The predicted octanol–water partition coefficient (Wildman–Crippen LogP) is 3.39. The lowest BCUT2D eigenvalue weighted by Gasteiger charge is -2.37. The van der Waals surface area contributed by atoms with E-state index in [9.17, 15) is 0 Å². The van der Waals surface area contributed by atoms with E-state index in [1.54, 1.807) is 0 Å². The first-order valence-electron chi connectivity index (χ1n) is 7.94. The summed E-state index contributed by atoms with van der Waals surface area (Å²) in [5.41, 5.74) is 1.40. The molecule has 0 unspecified atom stereocenters. The number of hydrogen-bond acceptors (Lipinski definition) is 2. The van der Waals surface area contributed by atoms with Crippen LogP contribution in [0.5, 0.6) is 0 Å². The van der Waals surface area contributed by atoms with Gasteiger partial charge < -0.3 is 9.80 Å². The number of hydrogen-bond donors (Lipinski definition) is 0. The molecule has 0 spiro atoms. The maximum absolute atomic E-state index is 2.70. The molecule has 2 aliphatic rings. The van der Waals surface area contributed by atoms with Gasteiger partial charge in [0.05, 0.1) is 0 Å². The highest BCUT2D eigenvalue weighted by molar-refractivity contribution is 5.46. The van der Waals surface area contributed by atoms with Gasteiger partial charge in [0.1, 0.15) is 0 Å².